The molecule has 3 rings (SSSR count). The van der Waals surface area contributed by atoms with Crippen molar-refractivity contribution in [1.29, 1.82) is 0 Å². The van der Waals surface area contributed by atoms with Gasteiger partial charge in [-0.05, 0) is 36.8 Å². The second-order valence-electron chi connectivity index (χ2n) is 6.08. The van der Waals surface area contributed by atoms with Gasteiger partial charge < -0.3 is 10.1 Å². The Kier molecular flexibility index (Phi) is 6.00. The van der Waals surface area contributed by atoms with Gasteiger partial charge in [0.2, 0.25) is 0 Å². The molecule has 0 aliphatic rings. The van der Waals surface area contributed by atoms with Crippen molar-refractivity contribution in [3.63, 3.8) is 0 Å². The van der Waals surface area contributed by atoms with Crippen molar-refractivity contribution in [3.8, 4) is 0 Å². The molecule has 0 bridgehead atoms. The number of anilines is 1. The maximum Gasteiger partial charge on any atom is 0.308 e. The molecule has 1 aromatic heterocycles. The standard InChI is InChI=1S/C19H17ClN4O4/c1-12-6-7-16(14(20)10-12)21-17(25)11-28-18(26)8-9-24-19(27)13-4-2-3-5-15(13)22-23-24/h2-7,10H,8-9,11H2,1H3,(H,21,25). The van der Waals surface area contributed by atoms with Crippen molar-refractivity contribution >= 4 is 40.1 Å². The molecule has 3 aromatic rings. The average molecular weight is 401 g/mol. The fourth-order valence-corrected chi connectivity index (χ4v) is 2.78. The van der Waals surface area contributed by atoms with Crippen molar-refractivity contribution in [2.45, 2.75) is 19.9 Å². The van der Waals surface area contributed by atoms with Gasteiger partial charge in [0.15, 0.2) is 6.61 Å². The summed E-state index contributed by atoms with van der Waals surface area (Å²) in [5.74, 6) is -1.14. The van der Waals surface area contributed by atoms with Crippen LogP contribution in [0.3, 0.4) is 0 Å². The van der Waals surface area contributed by atoms with E-state index in [2.05, 4.69) is 15.6 Å². The van der Waals surface area contributed by atoms with Gasteiger partial charge >= 0.3 is 5.97 Å². The topological polar surface area (TPSA) is 103 Å². The molecule has 2 aromatic carbocycles. The quantitative estimate of drug-likeness (QED) is 0.637. The van der Waals surface area contributed by atoms with Crippen LogP contribution < -0.4 is 10.9 Å². The van der Waals surface area contributed by atoms with E-state index in [0.717, 1.165) is 10.2 Å². The lowest BCUT2D eigenvalue weighted by Gasteiger charge is -2.09. The van der Waals surface area contributed by atoms with Crippen molar-refractivity contribution in [2.24, 2.45) is 0 Å². The number of rotatable bonds is 6. The predicted molar refractivity (Wildman–Crippen MR) is 104 cm³/mol. The summed E-state index contributed by atoms with van der Waals surface area (Å²) >= 11 is 6.04. The van der Waals surface area contributed by atoms with Crippen LogP contribution in [0.2, 0.25) is 5.02 Å². The Balaban J connectivity index is 1.51. The van der Waals surface area contributed by atoms with E-state index in [-0.39, 0.29) is 18.5 Å². The molecule has 0 aliphatic heterocycles. The Labute approximate surface area is 165 Å². The number of hydrogen-bond acceptors (Lipinski definition) is 6. The Morgan fingerprint density at radius 3 is 2.79 bits per heavy atom. The molecule has 28 heavy (non-hydrogen) atoms. The van der Waals surface area contributed by atoms with Gasteiger partial charge in [-0.15, -0.1) is 5.10 Å². The third kappa shape index (κ3) is 4.72. The fraction of sp³-hybridized carbons (Fsp3) is 0.211. The Morgan fingerprint density at radius 2 is 2.00 bits per heavy atom. The van der Waals surface area contributed by atoms with Crippen LogP contribution in [0.25, 0.3) is 10.9 Å². The highest BCUT2D eigenvalue weighted by molar-refractivity contribution is 6.33. The summed E-state index contributed by atoms with van der Waals surface area (Å²) in [6.45, 7) is 1.42. The molecule has 0 spiro atoms. The van der Waals surface area contributed by atoms with Gasteiger partial charge in [0.1, 0.15) is 5.52 Å². The summed E-state index contributed by atoms with van der Waals surface area (Å²) in [4.78, 5) is 36.1. The average Bonchev–Trinajstić information content (AvgIpc) is 2.68. The van der Waals surface area contributed by atoms with Crippen molar-refractivity contribution in [3.05, 3.63) is 63.4 Å². The van der Waals surface area contributed by atoms with Crippen LogP contribution in [0.5, 0.6) is 0 Å². The first-order chi connectivity index (χ1) is 13.4. The Hall–Kier alpha value is -3.26. The van der Waals surface area contributed by atoms with Gasteiger partial charge in [-0.2, -0.15) is 0 Å². The summed E-state index contributed by atoms with van der Waals surface area (Å²) in [6.07, 6.45) is -0.120. The number of nitrogens with zero attached hydrogens (tertiary/aromatic N) is 3. The zero-order chi connectivity index (χ0) is 20.1. The second-order valence-corrected chi connectivity index (χ2v) is 6.48. The monoisotopic (exact) mass is 400 g/mol. The summed E-state index contributed by atoms with van der Waals surface area (Å²) in [6, 6.07) is 12.0. The van der Waals surface area contributed by atoms with Crippen LogP contribution in [-0.2, 0) is 20.9 Å². The van der Waals surface area contributed by atoms with Gasteiger partial charge in [0.05, 0.1) is 29.1 Å². The first-order valence-corrected chi connectivity index (χ1v) is 8.86. The van der Waals surface area contributed by atoms with Crippen LogP contribution in [0.1, 0.15) is 12.0 Å². The van der Waals surface area contributed by atoms with E-state index in [1.54, 1.807) is 42.5 Å². The molecule has 0 atom stereocenters. The molecular formula is C19H17ClN4O4. The summed E-state index contributed by atoms with van der Waals surface area (Å²) in [7, 11) is 0. The lowest BCUT2D eigenvalue weighted by molar-refractivity contribution is -0.147. The molecule has 0 radical (unpaired) electrons. The third-order valence-corrected chi connectivity index (χ3v) is 4.23. The van der Waals surface area contributed by atoms with E-state index >= 15 is 0 Å². The molecule has 0 aliphatic carbocycles. The third-order valence-electron chi connectivity index (χ3n) is 3.92. The number of halogens is 1. The number of esters is 1. The number of hydrogen-bond donors (Lipinski definition) is 1. The molecule has 9 heteroatoms. The highest BCUT2D eigenvalue weighted by Gasteiger charge is 2.11. The lowest BCUT2D eigenvalue weighted by atomic mass is 10.2. The smallest absolute Gasteiger partial charge is 0.308 e. The number of benzene rings is 2. The number of carbonyl (C=O) groups excluding carboxylic acids is 2. The van der Waals surface area contributed by atoms with Crippen LogP contribution >= 0.6 is 11.6 Å². The summed E-state index contributed by atoms with van der Waals surface area (Å²) in [5.41, 5.74) is 1.54. The van der Waals surface area contributed by atoms with Gasteiger partial charge in [0.25, 0.3) is 11.5 Å². The van der Waals surface area contributed by atoms with E-state index in [0.29, 0.717) is 21.6 Å². The van der Waals surface area contributed by atoms with Gasteiger partial charge in [-0.25, -0.2) is 4.68 Å². The molecule has 144 valence electrons. The van der Waals surface area contributed by atoms with E-state index in [4.69, 9.17) is 16.3 Å². The first-order valence-electron chi connectivity index (χ1n) is 8.48. The number of nitrogens with one attached hydrogen (secondary N) is 1. The van der Waals surface area contributed by atoms with E-state index < -0.39 is 18.5 Å². The van der Waals surface area contributed by atoms with E-state index in [9.17, 15) is 14.4 Å². The second kappa shape index (κ2) is 8.62. The van der Waals surface area contributed by atoms with Crippen molar-refractivity contribution in [1.82, 2.24) is 15.0 Å². The van der Waals surface area contributed by atoms with Gasteiger partial charge in [-0.1, -0.05) is 35.0 Å². The molecule has 1 N–H and O–H groups in total. The first kappa shape index (κ1) is 19.5. The maximum absolute atomic E-state index is 12.3. The number of aryl methyl sites for hydroxylation is 2. The molecule has 0 saturated carbocycles. The number of amides is 1. The van der Waals surface area contributed by atoms with Crippen LogP contribution in [0.15, 0.2) is 47.3 Å². The Morgan fingerprint density at radius 1 is 1.21 bits per heavy atom. The minimum Gasteiger partial charge on any atom is -0.456 e. The van der Waals surface area contributed by atoms with Crippen molar-refractivity contribution < 1.29 is 14.3 Å². The molecule has 8 nitrogen and oxygen atoms in total. The van der Waals surface area contributed by atoms with Crippen molar-refractivity contribution in [2.75, 3.05) is 11.9 Å². The number of fused-ring (bicyclic) bond motifs is 1. The summed E-state index contributed by atoms with van der Waals surface area (Å²) < 4.78 is 6.02. The summed E-state index contributed by atoms with van der Waals surface area (Å²) in [5, 5.41) is 11.1. The van der Waals surface area contributed by atoms with Gasteiger partial charge in [0, 0.05) is 0 Å². The van der Waals surface area contributed by atoms with E-state index in [1.165, 1.54) is 0 Å². The van der Waals surface area contributed by atoms with Crippen LogP contribution in [0, 0.1) is 6.92 Å². The lowest BCUT2D eigenvalue weighted by Crippen LogP contribution is -2.26. The molecule has 1 heterocycles. The fourth-order valence-electron chi connectivity index (χ4n) is 2.49. The minimum absolute atomic E-state index is 0.000903. The highest BCUT2D eigenvalue weighted by Crippen LogP contribution is 2.22. The normalized spacial score (nSPS) is 10.6. The van der Waals surface area contributed by atoms with Crippen LogP contribution in [0.4, 0.5) is 5.69 Å². The van der Waals surface area contributed by atoms with Crippen LogP contribution in [-0.4, -0.2) is 33.5 Å². The molecule has 0 unspecified atom stereocenters. The number of ether oxygens (including phenoxy) is 1. The minimum atomic E-state index is -0.632. The largest absolute Gasteiger partial charge is 0.456 e. The zero-order valence-corrected chi connectivity index (χ0v) is 15.8. The number of aromatic nitrogens is 3. The van der Waals surface area contributed by atoms with E-state index in [1.807, 2.05) is 6.92 Å². The molecule has 0 saturated heterocycles. The van der Waals surface area contributed by atoms with Gasteiger partial charge in [-0.3, -0.25) is 14.4 Å². The zero-order valence-electron chi connectivity index (χ0n) is 15.0. The maximum atomic E-state index is 12.3. The molecular weight excluding hydrogens is 384 g/mol. The predicted octanol–water partition coefficient (Wildman–Crippen LogP) is 2.33. The Bertz CT molecular complexity index is 1100. The SMILES string of the molecule is Cc1ccc(NC(=O)COC(=O)CCn2nnc3ccccc3c2=O)c(Cl)c1. The molecule has 0 fully saturated rings. The molecule has 1 amide bonds. The number of carbonyl (C=O) groups is 2. The highest BCUT2D eigenvalue weighted by atomic mass is 35.5.